The maximum atomic E-state index is 10.8. The molecule has 0 unspecified atom stereocenters. The number of carbonyl (C=O) groups is 1. The minimum absolute atomic E-state index is 0.0888. The Balaban J connectivity index is 2.92. The summed E-state index contributed by atoms with van der Waals surface area (Å²) >= 11 is 0. The molecule has 0 aliphatic carbocycles. The Bertz CT molecular complexity index is 418. The highest BCUT2D eigenvalue weighted by molar-refractivity contribution is 5.73. The number of rotatable bonds is 3. The quantitative estimate of drug-likeness (QED) is 0.448. The SMILES string of the molecule is N[C@@H](Cc1cc(=O)[nH]c(=O)[nH]1)C(=O)O. The van der Waals surface area contributed by atoms with Gasteiger partial charge < -0.3 is 15.8 Å². The van der Waals surface area contributed by atoms with Gasteiger partial charge in [0.05, 0.1) is 0 Å². The van der Waals surface area contributed by atoms with Crippen LogP contribution in [0.15, 0.2) is 15.7 Å². The number of aliphatic carboxylic acids is 1. The smallest absolute Gasteiger partial charge is 0.325 e. The Morgan fingerprint density at radius 1 is 1.50 bits per heavy atom. The Hall–Kier alpha value is -1.89. The van der Waals surface area contributed by atoms with Crippen LogP contribution < -0.4 is 17.0 Å². The summed E-state index contributed by atoms with van der Waals surface area (Å²) < 4.78 is 0. The van der Waals surface area contributed by atoms with Crippen molar-refractivity contribution >= 4 is 5.97 Å². The Morgan fingerprint density at radius 2 is 2.14 bits per heavy atom. The summed E-state index contributed by atoms with van der Waals surface area (Å²) in [6.45, 7) is 0. The van der Waals surface area contributed by atoms with Crippen molar-refractivity contribution in [2.24, 2.45) is 5.73 Å². The maximum Gasteiger partial charge on any atom is 0.325 e. The van der Waals surface area contributed by atoms with Crippen molar-refractivity contribution in [1.82, 2.24) is 9.97 Å². The van der Waals surface area contributed by atoms with Crippen molar-refractivity contribution in [2.45, 2.75) is 12.5 Å². The fraction of sp³-hybridized carbons (Fsp3) is 0.286. The molecule has 5 N–H and O–H groups in total. The Kier molecular flexibility index (Phi) is 2.82. The normalized spacial score (nSPS) is 12.4. The van der Waals surface area contributed by atoms with Gasteiger partial charge in [-0.3, -0.25) is 14.6 Å². The van der Waals surface area contributed by atoms with Crippen LogP contribution in [0.25, 0.3) is 0 Å². The predicted octanol–water partition coefficient (Wildman–Crippen LogP) is -1.98. The fourth-order valence-electron chi connectivity index (χ4n) is 0.954. The molecule has 1 aromatic heterocycles. The number of aromatic nitrogens is 2. The van der Waals surface area contributed by atoms with E-state index in [1.54, 1.807) is 0 Å². The van der Waals surface area contributed by atoms with E-state index in [0.717, 1.165) is 6.07 Å². The highest BCUT2D eigenvalue weighted by Crippen LogP contribution is 1.92. The molecule has 0 aliphatic heterocycles. The lowest BCUT2D eigenvalue weighted by Crippen LogP contribution is -2.34. The second-order valence-corrected chi connectivity index (χ2v) is 2.76. The van der Waals surface area contributed by atoms with Gasteiger partial charge in [-0.15, -0.1) is 0 Å². The lowest BCUT2D eigenvalue weighted by atomic mass is 10.2. The predicted molar refractivity (Wildman–Crippen MR) is 47.0 cm³/mol. The zero-order valence-corrected chi connectivity index (χ0v) is 7.11. The minimum Gasteiger partial charge on any atom is -0.480 e. The zero-order valence-electron chi connectivity index (χ0n) is 7.11. The summed E-state index contributed by atoms with van der Waals surface area (Å²) in [5.41, 5.74) is 4.16. The molecule has 0 aromatic carbocycles. The second kappa shape index (κ2) is 3.88. The molecule has 1 aromatic rings. The number of hydrogen-bond donors (Lipinski definition) is 4. The van der Waals surface area contributed by atoms with Gasteiger partial charge in [0, 0.05) is 18.2 Å². The highest BCUT2D eigenvalue weighted by Gasteiger charge is 2.12. The fourth-order valence-corrected chi connectivity index (χ4v) is 0.954. The molecule has 76 valence electrons. The average molecular weight is 199 g/mol. The largest absolute Gasteiger partial charge is 0.480 e. The van der Waals surface area contributed by atoms with E-state index in [9.17, 15) is 14.4 Å². The van der Waals surface area contributed by atoms with Gasteiger partial charge in [-0.05, 0) is 0 Å². The molecule has 0 aliphatic rings. The number of nitrogens with one attached hydrogen (secondary N) is 2. The standard InChI is InChI=1S/C7H9N3O4/c8-4(6(12)13)1-3-2-5(11)10-7(14)9-3/h2,4H,1,8H2,(H,12,13)(H2,9,10,11,14)/t4-/m0/s1. The van der Waals surface area contributed by atoms with Gasteiger partial charge in [-0.25, -0.2) is 4.79 Å². The number of nitrogens with two attached hydrogens (primary N) is 1. The molecule has 7 nitrogen and oxygen atoms in total. The third kappa shape index (κ3) is 2.56. The van der Waals surface area contributed by atoms with Crippen LogP contribution in [0.1, 0.15) is 5.69 Å². The monoisotopic (exact) mass is 199 g/mol. The maximum absolute atomic E-state index is 10.8. The van der Waals surface area contributed by atoms with Gasteiger partial charge >= 0.3 is 11.7 Å². The molecular weight excluding hydrogens is 190 g/mol. The second-order valence-electron chi connectivity index (χ2n) is 2.76. The van der Waals surface area contributed by atoms with Crippen molar-refractivity contribution in [2.75, 3.05) is 0 Å². The number of carboxylic acids is 1. The van der Waals surface area contributed by atoms with E-state index in [4.69, 9.17) is 10.8 Å². The molecule has 0 radical (unpaired) electrons. The van der Waals surface area contributed by atoms with Gasteiger partial charge in [0.2, 0.25) is 0 Å². The van der Waals surface area contributed by atoms with Crippen LogP contribution in [0.5, 0.6) is 0 Å². The Labute approximate surface area is 77.6 Å². The summed E-state index contributed by atoms with van der Waals surface area (Å²) in [6.07, 6.45) is -0.0888. The van der Waals surface area contributed by atoms with Gasteiger partial charge in [0.1, 0.15) is 6.04 Å². The van der Waals surface area contributed by atoms with Crippen molar-refractivity contribution in [3.05, 3.63) is 32.6 Å². The summed E-state index contributed by atoms with van der Waals surface area (Å²) in [5, 5.41) is 8.48. The lowest BCUT2D eigenvalue weighted by Gasteiger charge is -2.04. The van der Waals surface area contributed by atoms with Gasteiger partial charge in [0.25, 0.3) is 5.56 Å². The van der Waals surface area contributed by atoms with Crippen molar-refractivity contribution in [3.63, 3.8) is 0 Å². The first kappa shape index (κ1) is 10.2. The third-order valence-corrected chi connectivity index (χ3v) is 1.57. The van der Waals surface area contributed by atoms with Gasteiger partial charge in [0.15, 0.2) is 0 Å². The van der Waals surface area contributed by atoms with E-state index in [1.807, 2.05) is 4.98 Å². The summed E-state index contributed by atoms with van der Waals surface area (Å²) in [4.78, 5) is 36.2. The molecule has 14 heavy (non-hydrogen) atoms. The minimum atomic E-state index is -1.19. The Morgan fingerprint density at radius 3 is 2.64 bits per heavy atom. The molecular formula is C7H9N3O4. The van der Waals surface area contributed by atoms with Crippen LogP contribution in [0.4, 0.5) is 0 Å². The first-order valence-electron chi connectivity index (χ1n) is 3.80. The topological polar surface area (TPSA) is 129 Å². The molecule has 0 saturated carbocycles. The van der Waals surface area contributed by atoms with Crippen LogP contribution in [-0.2, 0) is 11.2 Å². The average Bonchev–Trinajstić information content (AvgIpc) is 2.01. The number of H-pyrrole nitrogens is 2. The van der Waals surface area contributed by atoms with E-state index in [-0.39, 0.29) is 12.1 Å². The highest BCUT2D eigenvalue weighted by atomic mass is 16.4. The molecule has 1 rings (SSSR count). The van der Waals surface area contributed by atoms with Crippen molar-refractivity contribution in [3.8, 4) is 0 Å². The summed E-state index contributed by atoms with van der Waals surface area (Å²) in [5.74, 6) is -1.19. The molecule has 1 atom stereocenters. The summed E-state index contributed by atoms with van der Waals surface area (Å²) in [6, 6.07) is -0.0306. The van der Waals surface area contributed by atoms with Crippen molar-refractivity contribution in [1.29, 1.82) is 0 Å². The zero-order chi connectivity index (χ0) is 10.7. The van der Waals surface area contributed by atoms with Gasteiger partial charge in [-0.1, -0.05) is 0 Å². The van der Waals surface area contributed by atoms with Crippen LogP contribution in [0.2, 0.25) is 0 Å². The molecule has 0 spiro atoms. The molecule has 0 bridgehead atoms. The molecule has 0 saturated heterocycles. The first-order chi connectivity index (χ1) is 6.49. The lowest BCUT2D eigenvalue weighted by molar-refractivity contribution is -0.138. The third-order valence-electron chi connectivity index (χ3n) is 1.57. The van der Waals surface area contributed by atoms with Crippen molar-refractivity contribution < 1.29 is 9.90 Å². The van der Waals surface area contributed by atoms with Crippen LogP contribution in [0.3, 0.4) is 0 Å². The van der Waals surface area contributed by atoms with Crippen LogP contribution >= 0.6 is 0 Å². The van der Waals surface area contributed by atoms with Crippen LogP contribution in [0, 0.1) is 0 Å². The molecule has 0 amide bonds. The van der Waals surface area contributed by atoms with E-state index >= 15 is 0 Å². The number of hydrogen-bond acceptors (Lipinski definition) is 4. The summed E-state index contributed by atoms with van der Waals surface area (Å²) in [7, 11) is 0. The van der Waals surface area contributed by atoms with E-state index in [0.29, 0.717) is 0 Å². The van der Waals surface area contributed by atoms with Gasteiger partial charge in [-0.2, -0.15) is 0 Å². The van der Waals surface area contributed by atoms with Crippen LogP contribution in [-0.4, -0.2) is 27.1 Å². The molecule has 7 heteroatoms. The van der Waals surface area contributed by atoms with E-state index in [1.165, 1.54) is 0 Å². The van der Waals surface area contributed by atoms with E-state index < -0.39 is 23.3 Å². The van der Waals surface area contributed by atoms with E-state index in [2.05, 4.69) is 4.98 Å². The first-order valence-corrected chi connectivity index (χ1v) is 3.80. The number of aromatic amines is 2. The number of carboxylic acid groups (broad SMARTS) is 1. The molecule has 0 fully saturated rings. The molecule has 1 heterocycles.